The Morgan fingerprint density at radius 1 is 1.20 bits per heavy atom. The van der Waals surface area contributed by atoms with Gasteiger partial charge in [0.15, 0.2) is 11.5 Å². The number of carbonyl (C=O) groups excluding carboxylic acids is 1. The number of hydrogen-bond donors (Lipinski definition) is 0. The Kier molecular flexibility index (Phi) is 5.48. The van der Waals surface area contributed by atoms with Crippen LogP contribution >= 0.6 is 11.3 Å². The van der Waals surface area contributed by atoms with Crippen LogP contribution in [0.4, 0.5) is 0 Å². The third-order valence-corrected chi connectivity index (χ3v) is 5.09. The quantitative estimate of drug-likeness (QED) is 0.640. The Bertz CT molecular complexity index is 861. The highest BCUT2D eigenvalue weighted by molar-refractivity contribution is 7.15. The van der Waals surface area contributed by atoms with Crippen LogP contribution in [0.2, 0.25) is 0 Å². The summed E-state index contributed by atoms with van der Waals surface area (Å²) in [5, 5.41) is 0. The van der Waals surface area contributed by atoms with E-state index in [9.17, 15) is 4.79 Å². The molecule has 0 aliphatic heterocycles. The first-order valence-electron chi connectivity index (χ1n) is 8.79. The molecule has 132 valence electrons. The van der Waals surface area contributed by atoms with E-state index in [-0.39, 0.29) is 12.5 Å². The number of aromatic nitrogens is 3. The smallest absolute Gasteiger partial charge is 0.242 e. The minimum atomic E-state index is 0.128. The van der Waals surface area contributed by atoms with Crippen LogP contribution in [-0.4, -0.2) is 38.4 Å². The van der Waals surface area contributed by atoms with Gasteiger partial charge in [-0.15, -0.1) is 11.3 Å². The predicted molar refractivity (Wildman–Crippen MR) is 103 cm³/mol. The zero-order valence-corrected chi connectivity index (χ0v) is 15.8. The van der Waals surface area contributed by atoms with E-state index >= 15 is 0 Å². The standard InChI is InChI=1S/C19H24N4OS/c1-4-11-22(12-5-2)17(24)13-23-18-15(7-6-10-20-18)21-19(23)16-9-8-14(3)25-16/h6-10H,4-5,11-13H2,1-3H3. The number of pyridine rings is 1. The number of carbonyl (C=O) groups is 1. The van der Waals surface area contributed by atoms with Gasteiger partial charge in [0.25, 0.3) is 0 Å². The molecule has 6 heteroatoms. The second-order valence-electron chi connectivity index (χ2n) is 6.16. The van der Waals surface area contributed by atoms with E-state index in [4.69, 9.17) is 4.98 Å². The molecule has 0 aliphatic carbocycles. The first kappa shape index (κ1) is 17.6. The fourth-order valence-corrected chi connectivity index (χ4v) is 3.85. The van der Waals surface area contributed by atoms with Crippen molar-refractivity contribution in [3.8, 4) is 10.7 Å². The summed E-state index contributed by atoms with van der Waals surface area (Å²) in [4.78, 5) is 26.3. The number of amides is 1. The van der Waals surface area contributed by atoms with Crippen molar-refractivity contribution in [2.24, 2.45) is 0 Å². The van der Waals surface area contributed by atoms with Gasteiger partial charge in [0.05, 0.1) is 4.88 Å². The molecule has 0 radical (unpaired) electrons. The monoisotopic (exact) mass is 356 g/mol. The summed E-state index contributed by atoms with van der Waals surface area (Å²) in [5.41, 5.74) is 1.60. The molecule has 3 rings (SSSR count). The van der Waals surface area contributed by atoms with Gasteiger partial charge in [-0.2, -0.15) is 0 Å². The maximum absolute atomic E-state index is 12.9. The molecule has 3 aromatic rings. The highest BCUT2D eigenvalue weighted by atomic mass is 32.1. The molecule has 0 fully saturated rings. The second-order valence-corrected chi connectivity index (χ2v) is 7.45. The third-order valence-electron chi connectivity index (χ3n) is 4.10. The lowest BCUT2D eigenvalue weighted by Gasteiger charge is -2.22. The van der Waals surface area contributed by atoms with Crippen molar-refractivity contribution in [1.82, 2.24) is 19.4 Å². The SMILES string of the molecule is CCCN(CCC)C(=O)Cn1c(-c2ccc(C)s2)nc2cccnc21. The summed E-state index contributed by atoms with van der Waals surface area (Å²) in [6.45, 7) is 8.14. The molecule has 3 aromatic heterocycles. The van der Waals surface area contributed by atoms with Crippen LogP contribution in [0.15, 0.2) is 30.5 Å². The van der Waals surface area contributed by atoms with E-state index in [1.165, 1.54) is 4.88 Å². The molecule has 0 N–H and O–H groups in total. The number of nitrogens with zero attached hydrogens (tertiary/aromatic N) is 4. The number of rotatable bonds is 7. The van der Waals surface area contributed by atoms with Gasteiger partial charge in [-0.3, -0.25) is 9.36 Å². The fourth-order valence-electron chi connectivity index (χ4n) is 2.99. The molecule has 1 amide bonds. The molecule has 0 bridgehead atoms. The average molecular weight is 356 g/mol. The number of fused-ring (bicyclic) bond motifs is 1. The molecular weight excluding hydrogens is 332 g/mol. The molecule has 3 heterocycles. The van der Waals surface area contributed by atoms with Crippen LogP contribution < -0.4 is 0 Å². The summed E-state index contributed by atoms with van der Waals surface area (Å²) in [6, 6.07) is 7.98. The van der Waals surface area contributed by atoms with Gasteiger partial charge in [0, 0.05) is 24.2 Å². The van der Waals surface area contributed by atoms with E-state index in [0.717, 1.165) is 47.8 Å². The molecular formula is C19H24N4OS. The molecule has 0 atom stereocenters. The van der Waals surface area contributed by atoms with Crippen LogP contribution in [0.1, 0.15) is 31.6 Å². The van der Waals surface area contributed by atoms with Crippen molar-refractivity contribution in [3.05, 3.63) is 35.3 Å². The van der Waals surface area contributed by atoms with Gasteiger partial charge in [-0.25, -0.2) is 9.97 Å². The van der Waals surface area contributed by atoms with Crippen LogP contribution in [0, 0.1) is 6.92 Å². The molecule has 5 nitrogen and oxygen atoms in total. The number of hydrogen-bond acceptors (Lipinski definition) is 4. The van der Waals surface area contributed by atoms with Crippen LogP contribution in [0.5, 0.6) is 0 Å². The van der Waals surface area contributed by atoms with Crippen LogP contribution in [0.3, 0.4) is 0 Å². The summed E-state index contributed by atoms with van der Waals surface area (Å²) in [7, 11) is 0. The van der Waals surface area contributed by atoms with Gasteiger partial charge in [0.2, 0.25) is 5.91 Å². The lowest BCUT2D eigenvalue weighted by Crippen LogP contribution is -2.35. The highest BCUT2D eigenvalue weighted by Crippen LogP contribution is 2.29. The van der Waals surface area contributed by atoms with E-state index in [1.54, 1.807) is 17.5 Å². The van der Waals surface area contributed by atoms with Crippen molar-refractivity contribution in [3.63, 3.8) is 0 Å². The molecule has 0 unspecified atom stereocenters. The molecule has 0 aromatic carbocycles. The normalized spacial score (nSPS) is 11.2. The zero-order valence-electron chi connectivity index (χ0n) is 15.0. The topological polar surface area (TPSA) is 51.0 Å². The maximum atomic E-state index is 12.9. The number of imidazole rings is 1. The first-order valence-corrected chi connectivity index (χ1v) is 9.61. The predicted octanol–water partition coefficient (Wildman–Crippen LogP) is 4.12. The maximum Gasteiger partial charge on any atom is 0.242 e. The van der Waals surface area contributed by atoms with Crippen molar-refractivity contribution >= 4 is 28.4 Å². The van der Waals surface area contributed by atoms with Crippen molar-refractivity contribution in [1.29, 1.82) is 0 Å². The molecule has 0 spiro atoms. The largest absolute Gasteiger partial charge is 0.341 e. The molecule has 0 saturated heterocycles. The van der Waals surface area contributed by atoms with Gasteiger partial charge in [0.1, 0.15) is 12.1 Å². The Morgan fingerprint density at radius 2 is 1.96 bits per heavy atom. The second kappa shape index (κ2) is 7.78. The van der Waals surface area contributed by atoms with Gasteiger partial charge < -0.3 is 4.90 Å². The lowest BCUT2D eigenvalue weighted by atomic mass is 10.3. The average Bonchev–Trinajstić information content (AvgIpc) is 3.19. The summed E-state index contributed by atoms with van der Waals surface area (Å²) in [5.74, 6) is 0.955. The van der Waals surface area contributed by atoms with Crippen LogP contribution in [-0.2, 0) is 11.3 Å². The fraction of sp³-hybridized carbons (Fsp3) is 0.421. The highest BCUT2D eigenvalue weighted by Gasteiger charge is 2.19. The van der Waals surface area contributed by atoms with Gasteiger partial charge >= 0.3 is 0 Å². The number of thiophene rings is 1. The van der Waals surface area contributed by atoms with E-state index in [2.05, 4.69) is 37.9 Å². The van der Waals surface area contributed by atoms with Crippen molar-refractivity contribution in [2.45, 2.75) is 40.2 Å². The lowest BCUT2D eigenvalue weighted by molar-refractivity contribution is -0.131. The molecule has 0 saturated carbocycles. The van der Waals surface area contributed by atoms with E-state index in [0.29, 0.717) is 0 Å². The minimum Gasteiger partial charge on any atom is -0.341 e. The van der Waals surface area contributed by atoms with Crippen LogP contribution in [0.25, 0.3) is 21.9 Å². The summed E-state index contributed by atoms with van der Waals surface area (Å²) < 4.78 is 1.96. The van der Waals surface area contributed by atoms with Crippen molar-refractivity contribution < 1.29 is 4.79 Å². The summed E-state index contributed by atoms with van der Waals surface area (Å²) in [6.07, 6.45) is 3.68. The van der Waals surface area contributed by atoms with E-state index < -0.39 is 0 Å². The first-order chi connectivity index (χ1) is 12.1. The zero-order chi connectivity index (χ0) is 17.8. The molecule has 0 aliphatic rings. The molecule has 25 heavy (non-hydrogen) atoms. The van der Waals surface area contributed by atoms with Gasteiger partial charge in [-0.1, -0.05) is 13.8 Å². The van der Waals surface area contributed by atoms with Crippen molar-refractivity contribution in [2.75, 3.05) is 13.1 Å². The third kappa shape index (κ3) is 3.74. The summed E-state index contributed by atoms with van der Waals surface area (Å²) >= 11 is 1.69. The van der Waals surface area contributed by atoms with E-state index in [1.807, 2.05) is 21.6 Å². The Labute approximate surface area is 152 Å². The Hall–Kier alpha value is -2.21. The Balaban J connectivity index is 2.00. The van der Waals surface area contributed by atoms with Gasteiger partial charge in [-0.05, 0) is 44.0 Å². The number of aryl methyl sites for hydroxylation is 1. The minimum absolute atomic E-state index is 0.128. The Morgan fingerprint density at radius 3 is 2.60 bits per heavy atom.